The van der Waals surface area contributed by atoms with Crippen molar-refractivity contribution in [2.75, 3.05) is 32.3 Å². The highest BCUT2D eigenvalue weighted by Crippen LogP contribution is 2.34. The van der Waals surface area contributed by atoms with E-state index in [0.717, 1.165) is 0 Å². The largest absolute Gasteiger partial charge is 0.570 e. The summed E-state index contributed by atoms with van der Waals surface area (Å²) < 4.78 is 33.0. The van der Waals surface area contributed by atoms with Crippen LogP contribution < -0.4 is 10.8 Å². The van der Waals surface area contributed by atoms with Crippen molar-refractivity contribution in [1.29, 1.82) is 0 Å². The zero-order chi connectivity index (χ0) is 28.6. The predicted octanol–water partition coefficient (Wildman–Crippen LogP) is 3.17. The number of benzene rings is 1. The van der Waals surface area contributed by atoms with Gasteiger partial charge >= 0.3 is 14.1 Å². The van der Waals surface area contributed by atoms with Crippen LogP contribution in [0.3, 0.4) is 0 Å². The molecule has 3 N–H and O–H groups in total. The molecule has 1 unspecified atom stereocenters. The SMILES string of the molecule is CCOCCOC(=O)C(C)(C)N(CO[C@H](C)Cn1cnc2c(N)ncnc21)[P+](=O)NC(=O)c1ccccc1Cl. The van der Waals surface area contributed by atoms with Crippen LogP contribution in [-0.2, 0) is 30.1 Å². The van der Waals surface area contributed by atoms with Crippen molar-refractivity contribution in [3.63, 3.8) is 0 Å². The average molecular weight is 581 g/mol. The van der Waals surface area contributed by atoms with E-state index < -0.39 is 31.6 Å². The molecule has 0 aliphatic rings. The molecule has 13 nitrogen and oxygen atoms in total. The fraction of sp³-hybridized carbons (Fsp3) is 0.458. The average Bonchev–Trinajstić information content (AvgIpc) is 3.30. The molecule has 2 aromatic heterocycles. The molecule has 1 amide bonds. The number of hydrogen-bond donors (Lipinski definition) is 2. The van der Waals surface area contributed by atoms with Crippen LogP contribution in [0, 0.1) is 0 Å². The first-order valence-corrected chi connectivity index (χ1v) is 13.7. The summed E-state index contributed by atoms with van der Waals surface area (Å²) in [5.74, 6) is -1.07. The lowest BCUT2D eigenvalue weighted by Gasteiger charge is -2.28. The van der Waals surface area contributed by atoms with Crippen LogP contribution in [0.5, 0.6) is 0 Å². The van der Waals surface area contributed by atoms with Gasteiger partial charge in [0, 0.05) is 6.61 Å². The summed E-state index contributed by atoms with van der Waals surface area (Å²) in [6.45, 7) is 7.42. The summed E-state index contributed by atoms with van der Waals surface area (Å²) in [5.41, 5.74) is 5.55. The number of ether oxygens (including phenoxy) is 3. The quantitative estimate of drug-likeness (QED) is 0.124. The Kier molecular flexibility index (Phi) is 10.7. The Balaban J connectivity index is 1.75. The van der Waals surface area contributed by atoms with Gasteiger partial charge in [0.1, 0.15) is 25.2 Å². The van der Waals surface area contributed by atoms with Crippen molar-refractivity contribution < 1.29 is 28.4 Å². The van der Waals surface area contributed by atoms with E-state index in [1.54, 1.807) is 36.0 Å². The smallest absolute Gasteiger partial charge is 0.462 e. The standard InChI is InChI=1S/C24H31ClN7O6P/c1-5-36-10-11-37-23(34)24(3,4)32(39(35)30-22(33)17-8-6-7-9-18(17)25)15-38-16(2)12-31-14-29-19-20(26)27-13-28-21(19)31/h6-9,13-14,16H,5,10-12,15H2,1-4H3,(H2-,26,27,28,30,33,35)/p+1/t16-/m1/s1. The Bertz CT molecular complexity index is 1320. The molecule has 0 fully saturated rings. The van der Waals surface area contributed by atoms with Gasteiger partial charge in [-0.3, -0.25) is 4.79 Å². The van der Waals surface area contributed by atoms with E-state index in [1.807, 2.05) is 6.92 Å². The molecule has 0 radical (unpaired) electrons. The Morgan fingerprint density at radius 3 is 2.69 bits per heavy atom. The van der Waals surface area contributed by atoms with Crippen molar-refractivity contribution in [2.24, 2.45) is 0 Å². The number of rotatable bonds is 14. The molecule has 15 heteroatoms. The number of nitrogen functional groups attached to an aromatic ring is 1. The van der Waals surface area contributed by atoms with Crippen molar-refractivity contribution >= 4 is 48.6 Å². The maximum atomic E-state index is 13.4. The maximum Gasteiger partial charge on any atom is 0.570 e. The monoisotopic (exact) mass is 580 g/mol. The minimum absolute atomic E-state index is 0.0165. The van der Waals surface area contributed by atoms with E-state index in [9.17, 15) is 14.2 Å². The topological polar surface area (TPSA) is 164 Å². The zero-order valence-electron chi connectivity index (χ0n) is 22.2. The molecule has 0 spiro atoms. The van der Waals surface area contributed by atoms with Crippen molar-refractivity contribution in [3.8, 4) is 0 Å². The minimum atomic E-state index is -2.66. The molecule has 0 saturated carbocycles. The Morgan fingerprint density at radius 2 is 1.97 bits per heavy atom. The molecule has 2 atom stereocenters. The summed E-state index contributed by atoms with van der Waals surface area (Å²) in [7, 11) is -2.66. The second kappa shape index (κ2) is 13.7. The second-order valence-electron chi connectivity index (χ2n) is 8.92. The number of esters is 1. The first kappa shape index (κ1) is 30.3. The highest BCUT2D eigenvalue weighted by Gasteiger charge is 2.49. The second-order valence-corrected chi connectivity index (χ2v) is 10.6. The fourth-order valence-electron chi connectivity index (χ4n) is 3.47. The lowest BCUT2D eigenvalue weighted by molar-refractivity contribution is -0.157. The first-order valence-electron chi connectivity index (χ1n) is 12.1. The van der Waals surface area contributed by atoms with Crippen LogP contribution in [0.15, 0.2) is 36.9 Å². The highest BCUT2D eigenvalue weighted by molar-refractivity contribution is 7.40. The first-order chi connectivity index (χ1) is 18.6. The van der Waals surface area contributed by atoms with E-state index in [1.165, 1.54) is 30.9 Å². The van der Waals surface area contributed by atoms with E-state index in [-0.39, 0.29) is 36.3 Å². The summed E-state index contributed by atoms with van der Waals surface area (Å²) in [5, 5.41) is 2.62. The Hall–Kier alpha value is -3.22. The number of imidazole rings is 1. The number of amides is 1. The van der Waals surface area contributed by atoms with Gasteiger partial charge < -0.3 is 24.5 Å². The number of halogens is 1. The van der Waals surface area contributed by atoms with Crippen LogP contribution in [0.2, 0.25) is 5.02 Å². The predicted molar refractivity (Wildman–Crippen MR) is 145 cm³/mol. The van der Waals surface area contributed by atoms with Crippen LogP contribution >= 0.6 is 19.7 Å². The summed E-state index contributed by atoms with van der Waals surface area (Å²) in [4.78, 5) is 38.2. The molecule has 2 heterocycles. The number of carbonyl (C=O) groups excluding carboxylic acids is 2. The fourth-order valence-corrected chi connectivity index (χ4v) is 4.82. The Labute approximate surface area is 231 Å². The van der Waals surface area contributed by atoms with Gasteiger partial charge in [-0.25, -0.2) is 19.7 Å². The number of nitrogens with two attached hydrogens (primary N) is 1. The van der Waals surface area contributed by atoms with Gasteiger partial charge in [0.2, 0.25) is 0 Å². The van der Waals surface area contributed by atoms with Crippen molar-refractivity contribution in [2.45, 2.75) is 45.9 Å². The van der Waals surface area contributed by atoms with Crippen LogP contribution in [0.4, 0.5) is 5.82 Å². The molecule has 3 rings (SSSR count). The molecule has 210 valence electrons. The van der Waals surface area contributed by atoms with Gasteiger partial charge in [-0.1, -0.05) is 23.7 Å². The molecular formula is C24H32ClN7O6P+. The summed E-state index contributed by atoms with van der Waals surface area (Å²) in [6, 6.07) is 6.35. The normalized spacial score (nSPS) is 12.9. The number of fused-ring (bicyclic) bond motifs is 1. The van der Waals surface area contributed by atoms with Crippen LogP contribution in [-0.4, -0.2) is 74.3 Å². The van der Waals surface area contributed by atoms with E-state index in [2.05, 4.69) is 20.0 Å². The molecule has 3 aromatic rings. The van der Waals surface area contributed by atoms with E-state index in [0.29, 0.717) is 24.3 Å². The molecule has 0 aliphatic heterocycles. The summed E-state index contributed by atoms with van der Waals surface area (Å²) in [6.07, 6.45) is 2.46. The van der Waals surface area contributed by atoms with E-state index >= 15 is 0 Å². The number of nitrogens with zero attached hydrogens (tertiary/aromatic N) is 5. The van der Waals surface area contributed by atoms with Crippen molar-refractivity contribution in [3.05, 3.63) is 47.5 Å². The highest BCUT2D eigenvalue weighted by atomic mass is 35.5. The van der Waals surface area contributed by atoms with Crippen molar-refractivity contribution in [1.82, 2.24) is 29.3 Å². The number of hydrogen-bond acceptors (Lipinski definition) is 10. The lowest BCUT2D eigenvalue weighted by Crippen LogP contribution is -2.50. The van der Waals surface area contributed by atoms with Gasteiger partial charge in [-0.05, 0) is 49.1 Å². The third kappa shape index (κ3) is 7.68. The van der Waals surface area contributed by atoms with Gasteiger partial charge in [-0.15, -0.1) is 5.09 Å². The third-order valence-corrected chi connectivity index (χ3v) is 7.49. The summed E-state index contributed by atoms with van der Waals surface area (Å²) >= 11 is 6.12. The lowest BCUT2D eigenvalue weighted by atomic mass is 10.1. The van der Waals surface area contributed by atoms with Crippen LogP contribution in [0.25, 0.3) is 11.2 Å². The van der Waals surface area contributed by atoms with Gasteiger partial charge in [0.25, 0.3) is 5.91 Å². The molecular weight excluding hydrogens is 549 g/mol. The van der Waals surface area contributed by atoms with Gasteiger partial charge in [0.15, 0.2) is 17.0 Å². The number of aromatic nitrogens is 4. The Morgan fingerprint density at radius 1 is 1.23 bits per heavy atom. The molecule has 0 aliphatic carbocycles. The molecule has 39 heavy (non-hydrogen) atoms. The number of nitrogens with one attached hydrogen (secondary N) is 1. The molecule has 0 bridgehead atoms. The number of anilines is 1. The third-order valence-electron chi connectivity index (χ3n) is 5.71. The van der Waals surface area contributed by atoms with Gasteiger partial charge in [-0.2, -0.15) is 0 Å². The van der Waals surface area contributed by atoms with E-state index in [4.69, 9.17) is 31.5 Å². The van der Waals surface area contributed by atoms with Crippen LogP contribution in [0.1, 0.15) is 38.1 Å². The molecule has 0 saturated heterocycles. The zero-order valence-corrected chi connectivity index (χ0v) is 23.8. The van der Waals surface area contributed by atoms with Gasteiger partial charge in [0.05, 0.1) is 36.2 Å². The minimum Gasteiger partial charge on any atom is -0.462 e. The number of carbonyl (C=O) groups is 2. The molecule has 1 aromatic carbocycles. The maximum absolute atomic E-state index is 13.4.